The number of urea groups is 1. The molecule has 0 fully saturated rings. The molecule has 2 aromatic rings. The Kier molecular flexibility index (Phi) is 3.43. The first-order valence-corrected chi connectivity index (χ1v) is 5.32. The van der Waals surface area contributed by atoms with Gasteiger partial charge in [-0.15, -0.1) is 0 Å². The van der Waals surface area contributed by atoms with Gasteiger partial charge in [0.15, 0.2) is 0 Å². The number of nitrogens with one attached hydrogen (secondary N) is 2. The van der Waals surface area contributed by atoms with Crippen LogP contribution in [0.4, 0.5) is 26.2 Å². The fraction of sp³-hybridized carbons (Fsp3) is 0. The maximum Gasteiger partial charge on any atom is 0.323 e. The van der Waals surface area contributed by atoms with E-state index in [-0.39, 0.29) is 0 Å². The van der Waals surface area contributed by atoms with Crippen LogP contribution in [0.5, 0.6) is 0 Å². The lowest BCUT2D eigenvalue weighted by Crippen LogP contribution is -2.19. The molecule has 2 rings (SSSR count). The van der Waals surface area contributed by atoms with Crippen molar-refractivity contribution in [2.45, 2.75) is 0 Å². The van der Waals surface area contributed by atoms with Crippen molar-refractivity contribution in [3.63, 3.8) is 0 Å². The van der Waals surface area contributed by atoms with Gasteiger partial charge in [0.1, 0.15) is 5.82 Å². The predicted octanol–water partition coefficient (Wildman–Crippen LogP) is 3.05. The first-order chi connectivity index (χ1) is 8.63. The first-order valence-electron chi connectivity index (χ1n) is 5.32. The Morgan fingerprint density at radius 2 is 1.67 bits per heavy atom. The average molecular weight is 245 g/mol. The molecule has 0 radical (unpaired) electrons. The van der Waals surface area contributed by atoms with Crippen molar-refractivity contribution >= 4 is 23.1 Å². The van der Waals surface area contributed by atoms with Gasteiger partial charge in [-0.25, -0.2) is 9.18 Å². The van der Waals surface area contributed by atoms with Gasteiger partial charge in [0.2, 0.25) is 0 Å². The molecule has 4 N–H and O–H groups in total. The molecule has 5 heteroatoms. The van der Waals surface area contributed by atoms with Gasteiger partial charge in [0, 0.05) is 17.1 Å². The number of hydrogen-bond donors (Lipinski definition) is 3. The molecule has 0 atom stereocenters. The Hall–Kier alpha value is -2.56. The number of benzene rings is 2. The highest BCUT2D eigenvalue weighted by molar-refractivity contribution is 5.99. The molecule has 0 aromatic heterocycles. The molecule has 92 valence electrons. The number of anilines is 3. The van der Waals surface area contributed by atoms with Crippen LogP contribution in [0.25, 0.3) is 0 Å². The molecule has 4 nitrogen and oxygen atoms in total. The number of amides is 2. The number of carbonyl (C=O) groups excluding carboxylic acids is 1. The summed E-state index contributed by atoms with van der Waals surface area (Å²) in [6, 6.07) is 12.0. The highest BCUT2D eigenvalue weighted by Gasteiger charge is 2.02. The van der Waals surface area contributed by atoms with E-state index in [1.54, 1.807) is 30.3 Å². The van der Waals surface area contributed by atoms with E-state index >= 15 is 0 Å². The van der Waals surface area contributed by atoms with E-state index in [4.69, 9.17) is 5.73 Å². The Morgan fingerprint density at radius 3 is 2.33 bits per heavy atom. The van der Waals surface area contributed by atoms with E-state index in [1.807, 2.05) is 0 Å². The minimum Gasteiger partial charge on any atom is -0.399 e. The smallest absolute Gasteiger partial charge is 0.323 e. The molecule has 0 saturated carbocycles. The lowest BCUT2D eigenvalue weighted by Gasteiger charge is -2.07. The normalized spacial score (nSPS) is 9.83. The molecule has 0 bridgehead atoms. The zero-order valence-electron chi connectivity index (χ0n) is 9.48. The van der Waals surface area contributed by atoms with Crippen LogP contribution in [-0.2, 0) is 0 Å². The molecule has 0 heterocycles. The molecule has 2 amide bonds. The molecule has 2 aromatic carbocycles. The number of nitrogens with two attached hydrogens (primary N) is 1. The van der Waals surface area contributed by atoms with E-state index in [0.717, 1.165) is 0 Å². The van der Waals surface area contributed by atoms with Crippen LogP contribution in [0.3, 0.4) is 0 Å². The Morgan fingerprint density at radius 1 is 1.00 bits per heavy atom. The predicted molar refractivity (Wildman–Crippen MR) is 69.9 cm³/mol. The first kappa shape index (κ1) is 11.9. The van der Waals surface area contributed by atoms with Crippen LogP contribution in [0.15, 0.2) is 48.5 Å². The van der Waals surface area contributed by atoms with Crippen molar-refractivity contribution in [2.24, 2.45) is 0 Å². The average Bonchev–Trinajstić information content (AvgIpc) is 2.32. The second kappa shape index (κ2) is 5.18. The summed E-state index contributed by atoms with van der Waals surface area (Å²) in [5.41, 5.74) is 7.15. The van der Waals surface area contributed by atoms with Crippen LogP contribution >= 0.6 is 0 Å². The Bertz CT molecular complexity index is 554. The summed E-state index contributed by atoms with van der Waals surface area (Å²) in [5, 5.41) is 5.13. The van der Waals surface area contributed by atoms with E-state index in [1.165, 1.54) is 18.2 Å². The summed E-state index contributed by atoms with van der Waals surface area (Å²) in [6.07, 6.45) is 0. The topological polar surface area (TPSA) is 67.1 Å². The minimum atomic E-state index is -0.439. The molecule has 0 aliphatic heterocycles. The minimum absolute atomic E-state index is 0.392. The summed E-state index contributed by atoms with van der Waals surface area (Å²) in [4.78, 5) is 11.6. The highest BCUT2D eigenvalue weighted by Crippen LogP contribution is 2.12. The maximum absolute atomic E-state index is 12.9. The fourth-order valence-electron chi connectivity index (χ4n) is 1.43. The molecule has 18 heavy (non-hydrogen) atoms. The fourth-order valence-corrected chi connectivity index (χ4v) is 1.43. The summed E-state index contributed by atoms with van der Waals surface area (Å²) in [6.45, 7) is 0. The van der Waals surface area contributed by atoms with Crippen molar-refractivity contribution in [2.75, 3.05) is 16.4 Å². The van der Waals surface area contributed by atoms with Gasteiger partial charge in [-0.3, -0.25) is 0 Å². The third-order valence-corrected chi connectivity index (χ3v) is 2.25. The van der Waals surface area contributed by atoms with E-state index < -0.39 is 11.8 Å². The third-order valence-electron chi connectivity index (χ3n) is 2.25. The van der Waals surface area contributed by atoms with Gasteiger partial charge in [0.25, 0.3) is 0 Å². The summed E-state index contributed by atoms with van der Waals surface area (Å²) in [7, 11) is 0. The summed E-state index contributed by atoms with van der Waals surface area (Å²) in [5.74, 6) is -0.403. The lowest BCUT2D eigenvalue weighted by atomic mass is 10.3. The largest absolute Gasteiger partial charge is 0.399 e. The zero-order valence-corrected chi connectivity index (χ0v) is 9.48. The van der Waals surface area contributed by atoms with Gasteiger partial charge < -0.3 is 16.4 Å². The molecule has 0 saturated heterocycles. The van der Waals surface area contributed by atoms with Crippen LogP contribution < -0.4 is 16.4 Å². The van der Waals surface area contributed by atoms with Crippen molar-refractivity contribution in [3.8, 4) is 0 Å². The van der Waals surface area contributed by atoms with Gasteiger partial charge in [-0.1, -0.05) is 6.07 Å². The van der Waals surface area contributed by atoms with Crippen LogP contribution in [0, 0.1) is 5.82 Å². The quantitative estimate of drug-likeness (QED) is 0.712. The lowest BCUT2D eigenvalue weighted by molar-refractivity contribution is 0.262. The number of rotatable bonds is 2. The maximum atomic E-state index is 12.9. The second-order valence-electron chi connectivity index (χ2n) is 3.71. The van der Waals surface area contributed by atoms with Gasteiger partial charge in [-0.05, 0) is 42.5 Å². The Labute approximate surface area is 104 Å². The van der Waals surface area contributed by atoms with Gasteiger partial charge in [0.05, 0.1) is 0 Å². The second-order valence-corrected chi connectivity index (χ2v) is 3.71. The van der Waals surface area contributed by atoms with Crippen LogP contribution in [0.2, 0.25) is 0 Å². The van der Waals surface area contributed by atoms with E-state index in [2.05, 4.69) is 10.6 Å². The number of carbonyl (C=O) groups is 1. The zero-order chi connectivity index (χ0) is 13.0. The van der Waals surface area contributed by atoms with Crippen LogP contribution in [0.1, 0.15) is 0 Å². The summed E-state index contributed by atoms with van der Waals surface area (Å²) >= 11 is 0. The molecular formula is C13H12FN3O. The molecule has 0 aliphatic rings. The molecular weight excluding hydrogens is 233 g/mol. The Balaban J connectivity index is 1.98. The number of halogens is 1. The summed E-state index contributed by atoms with van der Waals surface area (Å²) < 4.78 is 12.9. The van der Waals surface area contributed by atoms with Crippen LogP contribution in [-0.4, -0.2) is 6.03 Å². The molecule has 0 aliphatic carbocycles. The van der Waals surface area contributed by atoms with Gasteiger partial charge in [-0.2, -0.15) is 0 Å². The van der Waals surface area contributed by atoms with Gasteiger partial charge >= 0.3 is 6.03 Å². The van der Waals surface area contributed by atoms with Crippen molar-refractivity contribution in [1.82, 2.24) is 0 Å². The number of nitrogen functional groups attached to an aromatic ring is 1. The molecule has 0 spiro atoms. The standard InChI is InChI=1S/C13H12FN3O/c14-9-2-1-3-12(8-9)17-13(18)16-11-6-4-10(15)5-7-11/h1-8H,15H2,(H2,16,17,18). The highest BCUT2D eigenvalue weighted by atomic mass is 19.1. The van der Waals surface area contributed by atoms with Crippen molar-refractivity contribution in [3.05, 3.63) is 54.3 Å². The SMILES string of the molecule is Nc1ccc(NC(=O)Nc2cccc(F)c2)cc1. The van der Waals surface area contributed by atoms with E-state index in [9.17, 15) is 9.18 Å². The number of hydrogen-bond acceptors (Lipinski definition) is 2. The van der Waals surface area contributed by atoms with Crippen molar-refractivity contribution in [1.29, 1.82) is 0 Å². The van der Waals surface area contributed by atoms with Crippen molar-refractivity contribution < 1.29 is 9.18 Å². The van der Waals surface area contributed by atoms with E-state index in [0.29, 0.717) is 17.1 Å². The monoisotopic (exact) mass is 245 g/mol. The molecule has 0 unspecified atom stereocenters. The third kappa shape index (κ3) is 3.21.